The first kappa shape index (κ1) is 19.7. The van der Waals surface area contributed by atoms with Gasteiger partial charge in [0.2, 0.25) is 10.0 Å². The fourth-order valence-electron chi connectivity index (χ4n) is 2.90. The Bertz CT molecular complexity index is 892. The number of piperidine rings is 1. The van der Waals surface area contributed by atoms with Gasteiger partial charge < -0.3 is 4.42 Å². The van der Waals surface area contributed by atoms with Gasteiger partial charge in [0.15, 0.2) is 0 Å². The number of amides is 1. The molecule has 1 saturated heterocycles. The second-order valence-corrected chi connectivity index (χ2v) is 8.25. The summed E-state index contributed by atoms with van der Waals surface area (Å²) in [6.07, 6.45) is 4.59. The van der Waals surface area contributed by atoms with E-state index in [1.54, 1.807) is 24.3 Å². The smallest absolute Gasteiger partial charge is 0.265 e. The topological polar surface area (TPSA) is 109 Å². The molecule has 1 aliphatic rings. The van der Waals surface area contributed by atoms with E-state index in [2.05, 4.69) is 5.43 Å². The van der Waals surface area contributed by atoms with E-state index in [-0.39, 0.29) is 23.1 Å². The lowest BCUT2D eigenvalue weighted by molar-refractivity contribution is 0.0750. The van der Waals surface area contributed by atoms with Crippen molar-refractivity contribution in [2.45, 2.75) is 30.7 Å². The average Bonchev–Trinajstić information content (AvgIpc) is 3.11. The quantitative estimate of drug-likeness (QED) is 0.704. The number of rotatable bonds is 6. The number of nitrogens with zero attached hydrogens (tertiary/aromatic N) is 2. The molecule has 0 aliphatic carbocycles. The van der Waals surface area contributed by atoms with E-state index in [1.165, 1.54) is 23.2 Å². The molecule has 0 saturated carbocycles. The molecule has 2 aromatic rings. The van der Waals surface area contributed by atoms with E-state index in [0.717, 1.165) is 25.9 Å². The minimum absolute atomic E-state index is 0.000357. The van der Waals surface area contributed by atoms with E-state index in [1.807, 2.05) is 5.01 Å². The summed E-state index contributed by atoms with van der Waals surface area (Å²) in [5.41, 5.74) is 3.99. The van der Waals surface area contributed by atoms with Gasteiger partial charge in [0.05, 0.1) is 18.5 Å². The highest BCUT2D eigenvalue weighted by Crippen LogP contribution is 2.24. The molecule has 1 aromatic heterocycles. The lowest BCUT2D eigenvalue weighted by atomic mass is 10.1. The molecule has 146 valence electrons. The summed E-state index contributed by atoms with van der Waals surface area (Å²) < 4.78 is 29.5. The summed E-state index contributed by atoms with van der Waals surface area (Å²) in [6.45, 7) is 1.71. The zero-order valence-electron chi connectivity index (χ0n) is 14.6. The van der Waals surface area contributed by atoms with Gasteiger partial charge in [-0.05, 0) is 43.2 Å². The van der Waals surface area contributed by atoms with Crippen LogP contribution in [0.25, 0.3) is 0 Å². The molecule has 1 fully saturated rings. The van der Waals surface area contributed by atoms with E-state index >= 15 is 0 Å². The minimum atomic E-state index is -3.89. The average molecular weight is 413 g/mol. The number of hydrogen-bond donors (Lipinski definition) is 2. The van der Waals surface area contributed by atoms with Crippen LogP contribution in [0.5, 0.6) is 0 Å². The van der Waals surface area contributed by atoms with Gasteiger partial charge in [-0.1, -0.05) is 6.42 Å². The van der Waals surface area contributed by atoms with Gasteiger partial charge in [-0.15, -0.1) is 0 Å². The summed E-state index contributed by atoms with van der Waals surface area (Å²) in [6, 6.07) is 7.96. The van der Waals surface area contributed by atoms with Crippen molar-refractivity contribution in [2.24, 2.45) is 5.14 Å². The van der Waals surface area contributed by atoms with Crippen LogP contribution in [0.3, 0.4) is 0 Å². The number of carbonyl (C=O) groups is 1. The number of primary sulfonamides is 1. The van der Waals surface area contributed by atoms with Crippen molar-refractivity contribution < 1.29 is 17.6 Å². The van der Waals surface area contributed by atoms with E-state index in [0.29, 0.717) is 11.3 Å². The monoisotopic (exact) mass is 412 g/mol. The summed E-state index contributed by atoms with van der Waals surface area (Å²) >= 11 is 6.24. The van der Waals surface area contributed by atoms with Crippen LogP contribution >= 0.6 is 11.8 Å². The number of carbonyl (C=O) groups excluding carboxylic acids is 1. The first-order valence-electron chi connectivity index (χ1n) is 8.53. The van der Waals surface area contributed by atoms with Gasteiger partial charge >= 0.3 is 0 Å². The maximum absolute atomic E-state index is 12.3. The Balaban J connectivity index is 1.64. The molecule has 27 heavy (non-hydrogen) atoms. The maximum atomic E-state index is 12.3. The Morgan fingerprint density at radius 2 is 1.85 bits per heavy atom. The number of hydrogen-bond acceptors (Lipinski definition) is 6. The van der Waals surface area contributed by atoms with Crippen LogP contribution in [0.15, 0.2) is 45.9 Å². The molecule has 1 aromatic carbocycles. The van der Waals surface area contributed by atoms with Gasteiger partial charge in [0.1, 0.15) is 10.7 Å². The molecule has 0 bridgehead atoms. The number of furan rings is 1. The van der Waals surface area contributed by atoms with Crippen molar-refractivity contribution in [3.8, 4) is 0 Å². The van der Waals surface area contributed by atoms with Crippen LogP contribution in [0.1, 0.15) is 35.4 Å². The van der Waals surface area contributed by atoms with Crippen molar-refractivity contribution in [3.63, 3.8) is 0 Å². The van der Waals surface area contributed by atoms with Crippen LogP contribution < -0.4 is 15.0 Å². The van der Waals surface area contributed by atoms with Crippen molar-refractivity contribution in [1.82, 2.24) is 10.4 Å². The van der Waals surface area contributed by atoms with Crippen LogP contribution in [-0.4, -0.2) is 32.4 Å². The second kappa shape index (κ2) is 8.30. The molecule has 3 rings (SSSR count). The second-order valence-electron chi connectivity index (χ2n) is 6.31. The van der Waals surface area contributed by atoms with Gasteiger partial charge in [0.25, 0.3) is 5.91 Å². The Hall–Kier alpha value is -2.07. The fraction of sp³-hybridized carbons (Fsp3) is 0.353. The number of benzene rings is 1. The molecule has 10 heteroatoms. The van der Waals surface area contributed by atoms with Crippen LogP contribution in [0.2, 0.25) is 0 Å². The number of anilines is 1. The summed E-state index contributed by atoms with van der Waals surface area (Å²) in [7, 11) is -3.89. The Morgan fingerprint density at radius 3 is 2.48 bits per heavy atom. The molecule has 0 atom stereocenters. The Kier molecular flexibility index (Phi) is 6.05. The molecule has 3 N–H and O–H groups in total. The zero-order chi connectivity index (χ0) is 19.4. The normalized spacial score (nSPS) is 15.5. The lowest BCUT2D eigenvalue weighted by Gasteiger charge is -2.26. The van der Waals surface area contributed by atoms with Crippen LogP contribution in [0, 0.1) is 0 Å². The van der Waals surface area contributed by atoms with E-state index in [4.69, 9.17) is 21.3 Å². The fourth-order valence-corrected chi connectivity index (χ4v) is 3.80. The zero-order valence-corrected chi connectivity index (χ0v) is 16.2. The number of nitrogens with two attached hydrogens (primary N) is 1. The first-order valence-corrected chi connectivity index (χ1v) is 10.4. The predicted octanol–water partition coefficient (Wildman–Crippen LogP) is 2.22. The third-order valence-electron chi connectivity index (χ3n) is 4.32. The number of nitrogens with one attached hydrogen (secondary N) is 1. The maximum Gasteiger partial charge on any atom is 0.265 e. The van der Waals surface area contributed by atoms with Crippen LogP contribution in [0.4, 0.5) is 5.69 Å². The molecule has 2 heterocycles. The lowest BCUT2D eigenvalue weighted by Crippen LogP contribution is -2.45. The van der Waals surface area contributed by atoms with Gasteiger partial charge in [-0.3, -0.25) is 14.6 Å². The SMILES string of the molecule is NS(=O)(=O)c1ccoc1CN(Cl)c1ccc(C(=O)NN2CCCCC2)cc1. The van der Waals surface area contributed by atoms with Crippen molar-refractivity contribution in [3.05, 3.63) is 47.9 Å². The molecule has 0 unspecified atom stereocenters. The standard InChI is InChI=1S/C17H21ClN4O4S/c18-22(12-15-16(8-11-26-15)27(19,24)25)14-6-4-13(5-7-14)17(23)20-21-9-2-1-3-10-21/h4-8,11H,1-3,9-10,12H2,(H,20,23)(H2,19,24,25). The highest BCUT2D eigenvalue weighted by molar-refractivity contribution is 7.89. The van der Waals surface area contributed by atoms with Crippen molar-refractivity contribution in [1.29, 1.82) is 0 Å². The molecule has 1 aliphatic heterocycles. The van der Waals surface area contributed by atoms with Gasteiger partial charge in [-0.25, -0.2) is 18.6 Å². The molecule has 8 nitrogen and oxygen atoms in total. The van der Waals surface area contributed by atoms with Gasteiger partial charge in [-0.2, -0.15) is 0 Å². The Labute approximate surface area is 163 Å². The molecule has 1 amide bonds. The number of halogens is 1. The largest absolute Gasteiger partial charge is 0.466 e. The summed E-state index contributed by atoms with van der Waals surface area (Å²) in [5, 5.41) is 7.08. The highest BCUT2D eigenvalue weighted by Gasteiger charge is 2.20. The third kappa shape index (κ3) is 5.01. The molecule has 0 spiro atoms. The summed E-state index contributed by atoms with van der Waals surface area (Å²) in [5.74, 6) is -0.0356. The van der Waals surface area contributed by atoms with E-state index in [9.17, 15) is 13.2 Å². The molecular weight excluding hydrogens is 392 g/mol. The number of hydrazine groups is 1. The minimum Gasteiger partial charge on any atom is -0.466 e. The molecular formula is C17H21ClN4O4S. The van der Waals surface area contributed by atoms with Crippen molar-refractivity contribution in [2.75, 3.05) is 17.5 Å². The Morgan fingerprint density at radius 1 is 1.19 bits per heavy atom. The van der Waals surface area contributed by atoms with E-state index < -0.39 is 10.0 Å². The van der Waals surface area contributed by atoms with Gasteiger partial charge in [0, 0.05) is 30.4 Å². The predicted molar refractivity (Wildman–Crippen MR) is 101 cm³/mol. The first-order chi connectivity index (χ1) is 12.8. The van der Waals surface area contributed by atoms with Crippen molar-refractivity contribution >= 4 is 33.4 Å². The highest BCUT2D eigenvalue weighted by atomic mass is 35.5. The third-order valence-corrected chi connectivity index (χ3v) is 5.61. The molecule has 0 radical (unpaired) electrons. The summed E-state index contributed by atoms with van der Waals surface area (Å²) in [4.78, 5) is 12.2. The van der Waals surface area contributed by atoms with Crippen LogP contribution in [-0.2, 0) is 16.6 Å². The number of sulfonamides is 1.